The summed E-state index contributed by atoms with van der Waals surface area (Å²) in [5.41, 5.74) is 0. The third-order valence-electron chi connectivity index (χ3n) is 3.56. The molecule has 0 bridgehead atoms. The molecule has 4 unspecified atom stereocenters. The molecular weight excluding hydrogens is 264 g/mol. The Morgan fingerprint density at radius 3 is 2.15 bits per heavy atom. The van der Waals surface area contributed by atoms with Gasteiger partial charge in [0.05, 0.1) is 25.4 Å². The Balaban J connectivity index is 1.71. The first kappa shape index (κ1) is 16.1. The molecule has 0 spiro atoms. The van der Waals surface area contributed by atoms with Crippen molar-refractivity contribution in [2.45, 2.75) is 64.3 Å². The zero-order valence-electron chi connectivity index (χ0n) is 12.4. The van der Waals surface area contributed by atoms with Crippen LogP contribution in [-0.2, 0) is 28.4 Å². The molecule has 0 radical (unpaired) electrons. The molecule has 4 atom stereocenters. The molecule has 6 heteroatoms. The molecule has 0 aromatic rings. The highest BCUT2D eigenvalue weighted by atomic mass is 16.8. The summed E-state index contributed by atoms with van der Waals surface area (Å²) >= 11 is 0. The molecule has 0 aliphatic carbocycles. The van der Waals surface area contributed by atoms with Crippen LogP contribution in [0.1, 0.15) is 39.5 Å². The van der Waals surface area contributed by atoms with Gasteiger partial charge in [0.1, 0.15) is 13.6 Å². The predicted octanol–water partition coefficient (Wildman–Crippen LogP) is 2.02. The molecule has 0 aromatic heterocycles. The van der Waals surface area contributed by atoms with E-state index in [-0.39, 0.29) is 38.4 Å². The van der Waals surface area contributed by atoms with Gasteiger partial charge in [-0.3, -0.25) is 0 Å². The van der Waals surface area contributed by atoms with Gasteiger partial charge in [0.25, 0.3) is 0 Å². The van der Waals surface area contributed by atoms with Gasteiger partial charge in [-0.25, -0.2) is 0 Å². The van der Waals surface area contributed by atoms with E-state index in [2.05, 4.69) is 0 Å². The largest absolute Gasteiger partial charge is 0.353 e. The van der Waals surface area contributed by atoms with Crippen molar-refractivity contribution in [3.8, 4) is 0 Å². The maximum Gasteiger partial charge on any atom is 0.160 e. The Morgan fingerprint density at radius 1 is 0.800 bits per heavy atom. The summed E-state index contributed by atoms with van der Waals surface area (Å²) in [5, 5.41) is 0. The molecular formula is C14H26O6. The van der Waals surface area contributed by atoms with Crippen LogP contribution in [0.2, 0.25) is 0 Å². The minimum absolute atomic E-state index is 0.0916. The first-order valence-corrected chi connectivity index (χ1v) is 7.47. The zero-order chi connectivity index (χ0) is 14.2. The second-order valence-corrected chi connectivity index (χ2v) is 5.11. The van der Waals surface area contributed by atoms with Crippen LogP contribution >= 0.6 is 0 Å². The Hall–Kier alpha value is -0.240. The number of hydrogen-bond acceptors (Lipinski definition) is 6. The van der Waals surface area contributed by atoms with Crippen molar-refractivity contribution in [3.05, 3.63) is 0 Å². The van der Waals surface area contributed by atoms with E-state index in [1.165, 1.54) is 0 Å². The minimum Gasteiger partial charge on any atom is -0.353 e. The second-order valence-electron chi connectivity index (χ2n) is 5.11. The molecule has 0 saturated carbocycles. The van der Waals surface area contributed by atoms with E-state index in [0.29, 0.717) is 13.2 Å². The average molecular weight is 290 g/mol. The van der Waals surface area contributed by atoms with Crippen LogP contribution in [0.3, 0.4) is 0 Å². The van der Waals surface area contributed by atoms with E-state index in [4.69, 9.17) is 28.4 Å². The van der Waals surface area contributed by atoms with E-state index in [1.807, 2.05) is 13.8 Å². The Bertz CT molecular complexity index is 242. The van der Waals surface area contributed by atoms with Gasteiger partial charge in [0.15, 0.2) is 12.6 Å². The van der Waals surface area contributed by atoms with E-state index in [1.54, 1.807) is 0 Å². The fourth-order valence-corrected chi connectivity index (χ4v) is 2.30. The molecule has 0 aromatic carbocycles. The topological polar surface area (TPSA) is 55.4 Å². The van der Waals surface area contributed by atoms with E-state index < -0.39 is 0 Å². The van der Waals surface area contributed by atoms with Gasteiger partial charge >= 0.3 is 0 Å². The van der Waals surface area contributed by atoms with Crippen LogP contribution in [0, 0.1) is 0 Å². The van der Waals surface area contributed by atoms with Crippen LogP contribution < -0.4 is 0 Å². The van der Waals surface area contributed by atoms with E-state index >= 15 is 0 Å². The standard InChI is InChI=1S/C14H26O6/c1-3-14-16-7-5-13(19-10-20-14)8-12-4-6-15-11(2)17-9-18-12/h11-14H,3-10H2,1-2H3. The maximum atomic E-state index is 5.75. The van der Waals surface area contributed by atoms with Gasteiger partial charge < -0.3 is 28.4 Å². The lowest BCUT2D eigenvalue weighted by Crippen LogP contribution is -2.33. The molecule has 118 valence electrons. The molecule has 0 amide bonds. The summed E-state index contributed by atoms with van der Waals surface area (Å²) in [4.78, 5) is 0. The number of hydrogen-bond donors (Lipinski definition) is 0. The second kappa shape index (κ2) is 8.92. The van der Waals surface area contributed by atoms with Gasteiger partial charge in [0.2, 0.25) is 0 Å². The molecule has 2 saturated heterocycles. The van der Waals surface area contributed by atoms with Crippen molar-refractivity contribution >= 4 is 0 Å². The molecule has 6 nitrogen and oxygen atoms in total. The van der Waals surface area contributed by atoms with Crippen LogP contribution in [0.15, 0.2) is 0 Å². The Kier molecular flexibility index (Phi) is 7.19. The third kappa shape index (κ3) is 5.63. The molecule has 2 heterocycles. The quantitative estimate of drug-likeness (QED) is 0.792. The molecule has 2 aliphatic heterocycles. The lowest BCUT2D eigenvalue weighted by atomic mass is 10.1. The predicted molar refractivity (Wildman–Crippen MR) is 70.9 cm³/mol. The summed E-state index contributed by atoms with van der Waals surface area (Å²) in [6.07, 6.45) is 3.21. The van der Waals surface area contributed by atoms with Crippen molar-refractivity contribution in [2.24, 2.45) is 0 Å². The van der Waals surface area contributed by atoms with E-state index in [9.17, 15) is 0 Å². The van der Waals surface area contributed by atoms with Crippen molar-refractivity contribution < 1.29 is 28.4 Å². The van der Waals surface area contributed by atoms with Gasteiger partial charge in [-0.1, -0.05) is 6.92 Å². The van der Waals surface area contributed by atoms with Gasteiger partial charge in [0, 0.05) is 6.42 Å². The summed E-state index contributed by atoms with van der Waals surface area (Å²) in [6, 6.07) is 0. The highest BCUT2D eigenvalue weighted by Gasteiger charge is 2.22. The fourth-order valence-electron chi connectivity index (χ4n) is 2.30. The molecule has 0 N–H and O–H groups in total. The monoisotopic (exact) mass is 290 g/mol. The SMILES string of the molecule is CCC1OCCC(CC2CCOC(C)OCO2)OCO1. The summed E-state index contributed by atoms with van der Waals surface area (Å²) in [5.74, 6) is 0. The van der Waals surface area contributed by atoms with Gasteiger partial charge in [-0.05, 0) is 26.2 Å². The lowest BCUT2D eigenvalue weighted by Gasteiger charge is -2.29. The molecule has 2 aliphatic rings. The Labute approximate surface area is 120 Å². The highest BCUT2D eigenvalue weighted by Crippen LogP contribution is 2.18. The molecule has 20 heavy (non-hydrogen) atoms. The van der Waals surface area contributed by atoms with Crippen LogP contribution in [0.4, 0.5) is 0 Å². The normalized spacial score (nSPS) is 37.5. The first-order chi connectivity index (χ1) is 9.78. The van der Waals surface area contributed by atoms with Crippen molar-refractivity contribution in [1.82, 2.24) is 0 Å². The highest BCUT2D eigenvalue weighted by molar-refractivity contribution is 4.68. The lowest BCUT2D eigenvalue weighted by molar-refractivity contribution is -0.244. The molecule has 2 rings (SSSR count). The zero-order valence-corrected chi connectivity index (χ0v) is 12.4. The third-order valence-corrected chi connectivity index (χ3v) is 3.56. The first-order valence-electron chi connectivity index (χ1n) is 7.47. The smallest absolute Gasteiger partial charge is 0.160 e. The minimum atomic E-state index is -0.193. The molecule has 2 fully saturated rings. The van der Waals surface area contributed by atoms with Gasteiger partial charge in [-0.2, -0.15) is 0 Å². The van der Waals surface area contributed by atoms with Crippen LogP contribution in [0.25, 0.3) is 0 Å². The van der Waals surface area contributed by atoms with Crippen LogP contribution in [0.5, 0.6) is 0 Å². The van der Waals surface area contributed by atoms with Crippen molar-refractivity contribution in [1.29, 1.82) is 0 Å². The van der Waals surface area contributed by atoms with Crippen molar-refractivity contribution in [2.75, 3.05) is 26.8 Å². The summed E-state index contributed by atoms with van der Waals surface area (Å²) < 4.78 is 33.4. The average Bonchev–Trinajstić information content (AvgIpc) is 2.38. The number of ether oxygens (including phenoxy) is 6. The maximum absolute atomic E-state index is 5.75. The van der Waals surface area contributed by atoms with E-state index in [0.717, 1.165) is 25.7 Å². The summed E-state index contributed by atoms with van der Waals surface area (Å²) in [6.45, 7) is 5.75. The van der Waals surface area contributed by atoms with Gasteiger partial charge in [-0.15, -0.1) is 0 Å². The Morgan fingerprint density at radius 2 is 1.45 bits per heavy atom. The van der Waals surface area contributed by atoms with Crippen LogP contribution in [-0.4, -0.2) is 51.6 Å². The number of rotatable bonds is 3. The fraction of sp³-hybridized carbons (Fsp3) is 1.00. The summed E-state index contributed by atoms with van der Waals surface area (Å²) in [7, 11) is 0. The van der Waals surface area contributed by atoms with Crippen molar-refractivity contribution in [3.63, 3.8) is 0 Å².